The van der Waals surface area contributed by atoms with Crippen LogP contribution in [0.25, 0.3) is 11.0 Å². The molecule has 0 aromatic carbocycles. The first-order chi connectivity index (χ1) is 10.6. The molecule has 0 aliphatic heterocycles. The molecule has 1 amide bonds. The Kier molecular flexibility index (Phi) is 3.94. The van der Waals surface area contributed by atoms with Crippen LogP contribution in [0.3, 0.4) is 0 Å². The van der Waals surface area contributed by atoms with E-state index < -0.39 is 0 Å². The van der Waals surface area contributed by atoms with Gasteiger partial charge in [0, 0.05) is 18.3 Å². The second-order valence-corrected chi connectivity index (χ2v) is 6.33. The molecule has 3 rings (SSSR count). The molecule has 3 heterocycles. The molecule has 5 nitrogen and oxygen atoms in total. The first-order valence-electron chi connectivity index (χ1n) is 7.20. The summed E-state index contributed by atoms with van der Waals surface area (Å²) < 4.78 is 1.85. The Bertz CT molecular complexity index is 805. The Morgan fingerprint density at radius 3 is 2.95 bits per heavy atom. The van der Waals surface area contributed by atoms with Crippen LogP contribution in [-0.4, -0.2) is 20.7 Å². The number of fused-ring (bicyclic) bond motifs is 1. The van der Waals surface area contributed by atoms with Crippen molar-refractivity contribution in [1.29, 1.82) is 0 Å². The number of aromatic nitrogens is 3. The molecule has 6 heteroatoms. The smallest absolute Gasteiger partial charge is 0.252 e. The van der Waals surface area contributed by atoms with Gasteiger partial charge in [0.1, 0.15) is 0 Å². The van der Waals surface area contributed by atoms with Crippen LogP contribution in [0.2, 0.25) is 0 Å². The minimum Gasteiger partial charge on any atom is -0.348 e. The largest absolute Gasteiger partial charge is 0.348 e. The number of carbonyl (C=O) groups is 1. The lowest BCUT2D eigenvalue weighted by molar-refractivity contribution is 0.0952. The summed E-state index contributed by atoms with van der Waals surface area (Å²) in [5, 5.41) is 12.2. The highest BCUT2D eigenvalue weighted by molar-refractivity contribution is 7.07. The van der Waals surface area contributed by atoms with E-state index in [1.165, 1.54) is 0 Å². The molecular formula is C16H18N4OS. The van der Waals surface area contributed by atoms with Gasteiger partial charge in [-0.25, -0.2) is 9.67 Å². The number of aryl methyl sites for hydroxylation is 1. The Morgan fingerprint density at radius 2 is 2.27 bits per heavy atom. The van der Waals surface area contributed by atoms with Crippen molar-refractivity contribution < 1.29 is 4.79 Å². The van der Waals surface area contributed by atoms with Gasteiger partial charge in [0.2, 0.25) is 0 Å². The van der Waals surface area contributed by atoms with E-state index in [0.717, 1.165) is 22.3 Å². The lowest BCUT2D eigenvalue weighted by Crippen LogP contribution is -2.23. The summed E-state index contributed by atoms with van der Waals surface area (Å²) in [4.78, 5) is 17.0. The SMILES string of the molecule is Cc1cc(C(=O)NCc2ccsc2)c2cnn(C(C)C)c2n1. The molecular weight excluding hydrogens is 296 g/mol. The molecule has 3 aromatic heterocycles. The highest BCUT2D eigenvalue weighted by atomic mass is 32.1. The maximum Gasteiger partial charge on any atom is 0.252 e. The van der Waals surface area contributed by atoms with Gasteiger partial charge in [0.15, 0.2) is 5.65 Å². The predicted molar refractivity (Wildman–Crippen MR) is 88.1 cm³/mol. The van der Waals surface area contributed by atoms with E-state index in [0.29, 0.717) is 12.1 Å². The van der Waals surface area contributed by atoms with Gasteiger partial charge in [-0.3, -0.25) is 4.79 Å². The van der Waals surface area contributed by atoms with Gasteiger partial charge in [-0.15, -0.1) is 0 Å². The Balaban J connectivity index is 1.94. The monoisotopic (exact) mass is 314 g/mol. The maximum atomic E-state index is 12.5. The lowest BCUT2D eigenvalue weighted by atomic mass is 10.1. The number of rotatable bonds is 4. The molecule has 0 bridgehead atoms. The number of amides is 1. The molecule has 0 atom stereocenters. The third-order valence-corrected chi connectivity index (χ3v) is 4.19. The zero-order valence-electron chi connectivity index (χ0n) is 12.8. The normalized spacial score (nSPS) is 11.3. The fourth-order valence-corrected chi connectivity index (χ4v) is 3.05. The van der Waals surface area contributed by atoms with Gasteiger partial charge >= 0.3 is 0 Å². The average molecular weight is 314 g/mol. The molecule has 0 aliphatic carbocycles. The highest BCUT2D eigenvalue weighted by Crippen LogP contribution is 2.21. The summed E-state index contributed by atoms with van der Waals surface area (Å²) in [6.07, 6.45) is 1.72. The van der Waals surface area contributed by atoms with E-state index in [1.807, 2.05) is 48.3 Å². The van der Waals surface area contributed by atoms with E-state index in [2.05, 4.69) is 15.4 Å². The lowest BCUT2D eigenvalue weighted by Gasteiger charge is -2.09. The average Bonchev–Trinajstić information content (AvgIpc) is 3.12. The van der Waals surface area contributed by atoms with Crippen molar-refractivity contribution in [2.75, 3.05) is 0 Å². The molecule has 0 radical (unpaired) electrons. The number of nitrogens with zero attached hydrogens (tertiary/aromatic N) is 3. The third-order valence-electron chi connectivity index (χ3n) is 3.46. The molecule has 0 saturated heterocycles. The number of thiophene rings is 1. The van der Waals surface area contributed by atoms with Crippen LogP contribution >= 0.6 is 11.3 Å². The highest BCUT2D eigenvalue weighted by Gasteiger charge is 2.16. The minimum absolute atomic E-state index is 0.0926. The topological polar surface area (TPSA) is 59.8 Å². The number of pyridine rings is 1. The fraction of sp³-hybridized carbons (Fsp3) is 0.312. The van der Waals surface area contributed by atoms with Gasteiger partial charge in [-0.1, -0.05) is 0 Å². The number of nitrogens with one attached hydrogen (secondary N) is 1. The number of carbonyl (C=O) groups excluding carboxylic acids is 1. The first-order valence-corrected chi connectivity index (χ1v) is 8.14. The molecule has 114 valence electrons. The molecule has 1 N–H and O–H groups in total. The second-order valence-electron chi connectivity index (χ2n) is 5.55. The molecule has 0 unspecified atom stereocenters. The van der Waals surface area contributed by atoms with E-state index >= 15 is 0 Å². The standard InChI is InChI=1S/C16H18N4OS/c1-10(2)20-15-14(8-18-20)13(6-11(3)19-15)16(21)17-7-12-4-5-22-9-12/h4-6,8-10H,7H2,1-3H3,(H,17,21). The summed E-state index contributed by atoms with van der Waals surface area (Å²) in [5.74, 6) is -0.0926. The molecule has 0 fully saturated rings. The fourth-order valence-electron chi connectivity index (χ4n) is 2.38. The van der Waals surface area contributed by atoms with Crippen LogP contribution < -0.4 is 5.32 Å². The quantitative estimate of drug-likeness (QED) is 0.803. The van der Waals surface area contributed by atoms with Crippen molar-refractivity contribution in [3.05, 3.63) is 45.9 Å². The Hall–Kier alpha value is -2.21. The van der Waals surface area contributed by atoms with Crippen molar-refractivity contribution in [3.63, 3.8) is 0 Å². The van der Waals surface area contributed by atoms with Crippen LogP contribution in [-0.2, 0) is 6.54 Å². The summed E-state index contributed by atoms with van der Waals surface area (Å²) in [6, 6.07) is 4.03. The van der Waals surface area contributed by atoms with Crippen molar-refractivity contribution in [3.8, 4) is 0 Å². The second kappa shape index (κ2) is 5.88. The van der Waals surface area contributed by atoms with Gasteiger partial charge in [-0.05, 0) is 49.2 Å². The van der Waals surface area contributed by atoms with Gasteiger partial charge in [-0.2, -0.15) is 16.4 Å². The number of hydrogen-bond donors (Lipinski definition) is 1. The zero-order chi connectivity index (χ0) is 15.7. The van der Waals surface area contributed by atoms with Crippen molar-refractivity contribution in [2.45, 2.75) is 33.4 Å². The molecule has 3 aromatic rings. The van der Waals surface area contributed by atoms with Gasteiger partial charge in [0.05, 0.1) is 17.1 Å². The van der Waals surface area contributed by atoms with E-state index in [4.69, 9.17) is 0 Å². The molecule has 0 saturated carbocycles. The van der Waals surface area contributed by atoms with E-state index in [1.54, 1.807) is 17.5 Å². The number of hydrogen-bond acceptors (Lipinski definition) is 4. The van der Waals surface area contributed by atoms with Crippen molar-refractivity contribution >= 4 is 28.3 Å². The first kappa shape index (κ1) is 14.7. The predicted octanol–water partition coefficient (Wildman–Crippen LogP) is 3.31. The molecule has 0 spiro atoms. The summed E-state index contributed by atoms with van der Waals surface area (Å²) in [6.45, 7) is 6.52. The van der Waals surface area contributed by atoms with Gasteiger partial charge < -0.3 is 5.32 Å². The Morgan fingerprint density at radius 1 is 1.45 bits per heavy atom. The van der Waals surface area contributed by atoms with Crippen LogP contribution in [0.15, 0.2) is 29.1 Å². The summed E-state index contributed by atoms with van der Waals surface area (Å²) in [7, 11) is 0. The van der Waals surface area contributed by atoms with Crippen molar-refractivity contribution in [1.82, 2.24) is 20.1 Å². The van der Waals surface area contributed by atoms with Crippen LogP contribution in [0.1, 0.15) is 41.5 Å². The summed E-state index contributed by atoms with van der Waals surface area (Å²) >= 11 is 1.62. The summed E-state index contributed by atoms with van der Waals surface area (Å²) in [5.41, 5.74) is 3.31. The maximum absolute atomic E-state index is 12.5. The van der Waals surface area contributed by atoms with Crippen LogP contribution in [0, 0.1) is 6.92 Å². The van der Waals surface area contributed by atoms with E-state index in [9.17, 15) is 4.79 Å². The minimum atomic E-state index is -0.0926. The zero-order valence-corrected chi connectivity index (χ0v) is 13.6. The van der Waals surface area contributed by atoms with Crippen LogP contribution in [0.4, 0.5) is 0 Å². The Labute approximate surface area is 133 Å². The van der Waals surface area contributed by atoms with Crippen LogP contribution in [0.5, 0.6) is 0 Å². The van der Waals surface area contributed by atoms with Gasteiger partial charge in [0.25, 0.3) is 5.91 Å². The third kappa shape index (κ3) is 2.74. The molecule has 0 aliphatic rings. The van der Waals surface area contributed by atoms with Crippen molar-refractivity contribution in [2.24, 2.45) is 0 Å². The molecule has 22 heavy (non-hydrogen) atoms. The van der Waals surface area contributed by atoms with E-state index in [-0.39, 0.29) is 11.9 Å².